The Labute approximate surface area is 101 Å². The molecule has 0 radical (unpaired) electrons. The van der Waals surface area contributed by atoms with E-state index in [-0.39, 0.29) is 5.92 Å². The van der Waals surface area contributed by atoms with Crippen LogP contribution in [0.4, 0.5) is 0 Å². The van der Waals surface area contributed by atoms with Crippen molar-refractivity contribution < 1.29 is 14.3 Å². The smallest absolute Gasteiger partial charge is 0.311 e. The fraction of sp³-hybridized carbons (Fsp3) is 0.615. The Bertz CT molecular complexity index is 385. The quantitative estimate of drug-likeness (QED) is 0.872. The highest BCUT2D eigenvalue weighted by molar-refractivity contribution is 5.75. The van der Waals surface area contributed by atoms with Crippen molar-refractivity contribution in [1.82, 2.24) is 4.90 Å². The third kappa shape index (κ3) is 2.22. The summed E-state index contributed by atoms with van der Waals surface area (Å²) in [6.45, 7) is 6.24. The molecule has 0 saturated carbocycles. The molecule has 4 heteroatoms. The van der Waals surface area contributed by atoms with E-state index in [1.165, 1.54) is 0 Å². The van der Waals surface area contributed by atoms with E-state index in [1.807, 2.05) is 19.9 Å². The number of carboxylic acids is 1. The number of nitrogens with zero attached hydrogens (tertiary/aromatic N) is 1. The van der Waals surface area contributed by atoms with Crippen molar-refractivity contribution in [3.63, 3.8) is 0 Å². The third-order valence-electron chi connectivity index (χ3n) is 3.90. The van der Waals surface area contributed by atoms with E-state index in [2.05, 4.69) is 4.90 Å². The minimum atomic E-state index is -0.665. The first kappa shape index (κ1) is 12.2. The van der Waals surface area contributed by atoms with Crippen molar-refractivity contribution in [2.45, 2.75) is 26.8 Å². The molecule has 2 heterocycles. The second kappa shape index (κ2) is 4.53. The lowest BCUT2D eigenvalue weighted by molar-refractivity contribution is -0.151. The highest BCUT2D eigenvalue weighted by Crippen LogP contribution is 2.38. The first-order valence-corrected chi connectivity index (χ1v) is 6.01. The monoisotopic (exact) mass is 237 g/mol. The summed E-state index contributed by atoms with van der Waals surface area (Å²) in [5, 5.41) is 9.43. The largest absolute Gasteiger partial charge is 0.481 e. The Morgan fingerprint density at radius 1 is 1.65 bits per heavy atom. The van der Waals surface area contributed by atoms with Gasteiger partial charge in [0.1, 0.15) is 0 Å². The van der Waals surface area contributed by atoms with Crippen LogP contribution in [0.2, 0.25) is 0 Å². The molecule has 1 saturated heterocycles. The maximum absolute atomic E-state index is 11.5. The Kier molecular flexibility index (Phi) is 3.24. The lowest BCUT2D eigenvalue weighted by Crippen LogP contribution is -2.39. The highest BCUT2D eigenvalue weighted by atomic mass is 16.4. The van der Waals surface area contributed by atoms with Crippen molar-refractivity contribution in [3.8, 4) is 0 Å². The van der Waals surface area contributed by atoms with Crippen LogP contribution in [0.15, 0.2) is 23.0 Å². The summed E-state index contributed by atoms with van der Waals surface area (Å²) < 4.78 is 5.03. The van der Waals surface area contributed by atoms with Gasteiger partial charge in [0.2, 0.25) is 0 Å². The fourth-order valence-corrected chi connectivity index (χ4v) is 2.58. The summed E-state index contributed by atoms with van der Waals surface area (Å²) in [6, 6.07) is 1.93. The number of rotatable bonds is 4. The van der Waals surface area contributed by atoms with Crippen LogP contribution in [0.5, 0.6) is 0 Å². The Morgan fingerprint density at radius 3 is 2.88 bits per heavy atom. The normalized spacial score (nSPS) is 25.6. The van der Waals surface area contributed by atoms with Gasteiger partial charge >= 0.3 is 5.97 Å². The molecule has 4 nitrogen and oxygen atoms in total. The Balaban J connectivity index is 2.05. The molecule has 0 bridgehead atoms. The first-order chi connectivity index (χ1) is 8.04. The van der Waals surface area contributed by atoms with E-state index in [0.717, 1.165) is 25.1 Å². The van der Waals surface area contributed by atoms with E-state index in [1.54, 1.807) is 12.5 Å². The van der Waals surface area contributed by atoms with Crippen molar-refractivity contribution in [1.29, 1.82) is 0 Å². The maximum Gasteiger partial charge on any atom is 0.311 e. The summed E-state index contributed by atoms with van der Waals surface area (Å²) in [7, 11) is 0. The summed E-state index contributed by atoms with van der Waals surface area (Å²) in [5.41, 5.74) is 0.527. The summed E-state index contributed by atoms with van der Waals surface area (Å²) in [6.07, 6.45) is 4.10. The maximum atomic E-state index is 11.5. The molecule has 0 aromatic carbocycles. The molecule has 94 valence electrons. The van der Waals surface area contributed by atoms with Crippen LogP contribution >= 0.6 is 0 Å². The molecule has 1 aliphatic heterocycles. The summed E-state index contributed by atoms with van der Waals surface area (Å²) in [4.78, 5) is 13.7. The van der Waals surface area contributed by atoms with Crippen LogP contribution in [0.25, 0.3) is 0 Å². The Morgan fingerprint density at radius 2 is 2.41 bits per heavy atom. The lowest BCUT2D eigenvalue weighted by Gasteiger charge is -2.28. The van der Waals surface area contributed by atoms with Crippen LogP contribution in [-0.4, -0.2) is 29.1 Å². The average Bonchev–Trinajstić information content (AvgIpc) is 2.87. The first-order valence-electron chi connectivity index (χ1n) is 6.01. The van der Waals surface area contributed by atoms with Gasteiger partial charge in [-0.05, 0) is 24.9 Å². The van der Waals surface area contributed by atoms with Gasteiger partial charge in [-0.25, -0.2) is 0 Å². The van der Waals surface area contributed by atoms with Gasteiger partial charge in [-0.1, -0.05) is 13.8 Å². The summed E-state index contributed by atoms with van der Waals surface area (Å²) >= 11 is 0. The molecule has 1 atom stereocenters. The fourth-order valence-electron chi connectivity index (χ4n) is 2.58. The molecule has 0 amide bonds. The van der Waals surface area contributed by atoms with Crippen LogP contribution in [-0.2, 0) is 11.3 Å². The SMILES string of the molecule is CC(C)C1(C(=O)O)CCN(Cc2ccoc2)C1. The molecule has 1 aromatic heterocycles. The van der Waals surface area contributed by atoms with E-state index in [9.17, 15) is 9.90 Å². The lowest BCUT2D eigenvalue weighted by atomic mass is 9.76. The molecular formula is C13H19NO3. The predicted molar refractivity (Wildman–Crippen MR) is 63.5 cm³/mol. The second-order valence-electron chi connectivity index (χ2n) is 5.21. The minimum absolute atomic E-state index is 0.161. The van der Waals surface area contributed by atoms with Crippen molar-refractivity contribution in [3.05, 3.63) is 24.2 Å². The van der Waals surface area contributed by atoms with Crippen LogP contribution in [0, 0.1) is 11.3 Å². The third-order valence-corrected chi connectivity index (χ3v) is 3.90. The highest BCUT2D eigenvalue weighted by Gasteiger charge is 2.47. The van der Waals surface area contributed by atoms with Crippen molar-refractivity contribution >= 4 is 5.97 Å². The molecule has 2 rings (SSSR count). The van der Waals surface area contributed by atoms with E-state index in [4.69, 9.17) is 4.42 Å². The molecule has 1 N–H and O–H groups in total. The van der Waals surface area contributed by atoms with Crippen LogP contribution < -0.4 is 0 Å². The summed E-state index contributed by atoms with van der Waals surface area (Å²) in [5.74, 6) is -0.503. The predicted octanol–water partition coefficient (Wildman–Crippen LogP) is 2.21. The zero-order valence-electron chi connectivity index (χ0n) is 10.3. The van der Waals surface area contributed by atoms with E-state index < -0.39 is 11.4 Å². The van der Waals surface area contributed by atoms with Gasteiger partial charge in [-0.3, -0.25) is 9.69 Å². The number of aliphatic carboxylic acids is 1. The topological polar surface area (TPSA) is 53.7 Å². The average molecular weight is 237 g/mol. The van der Waals surface area contributed by atoms with Crippen molar-refractivity contribution in [2.75, 3.05) is 13.1 Å². The van der Waals surface area contributed by atoms with E-state index in [0.29, 0.717) is 6.54 Å². The molecule has 1 fully saturated rings. The molecule has 0 aliphatic carbocycles. The number of carboxylic acid groups (broad SMARTS) is 1. The number of likely N-dealkylation sites (tertiary alicyclic amines) is 1. The zero-order valence-corrected chi connectivity index (χ0v) is 10.3. The van der Waals surface area contributed by atoms with Crippen molar-refractivity contribution in [2.24, 2.45) is 11.3 Å². The van der Waals surface area contributed by atoms with Crippen LogP contribution in [0.3, 0.4) is 0 Å². The number of hydrogen-bond donors (Lipinski definition) is 1. The zero-order chi connectivity index (χ0) is 12.5. The van der Waals surface area contributed by atoms with Gasteiger partial charge in [0.25, 0.3) is 0 Å². The van der Waals surface area contributed by atoms with Gasteiger partial charge in [-0.15, -0.1) is 0 Å². The number of carbonyl (C=O) groups is 1. The number of furan rings is 1. The van der Waals surface area contributed by atoms with Gasteiger partial charge in [0, 0.05) is 18.7 Å². The molecule has 17 heavy (non-hydrogen) atoms. The standard InChI is InChI=1S/C13H19NO3/c1-10(2)13(12(15)16)4-5-14(9-13)7-11-3-6-17-8-11/h3,6,8,10H,4-5,7,9H2,1-2H3,(H,15,16). The van der Waals surface area contributed by atoms with Gasteiger partial charge in [0.05, 0.1) is 17.9 Å². The van der Waals surface area contributed by atoms with E-state index >= 15 is 0 Å². The second-order valence-corrected chi connectivity index (χ2v) is 5.21. The Hall–Kier alpha value is -1.29. The van der Waals surface area contributed by atoms with Gasteiger partial charge in [0.15, 0.2) is 0 Å². The molecule has 1 aromatic rings. The molecule has 1 unspecified atom stereocenters. The minimum Gasteiger partial charge on any atom is -0.481 e. The molecule has 1 aliphatic rings. The van der Waals surface area contributed by atoms with Gasteiger partial charge in [-0.2, -0.15) is 0 Å². The van der Waals surface area contributed by atoms with Gasteiger partial charge < -0.3 is 9.52 Å². The molecular weight excluding hydrogens is 218 g/mol. The number of hydrogen-bond acceptors (Lipinski definition) is 3. The van der Waals surface area contributed by atoms with Crippen LogP contribution in [0.1, 0.15) is 25.8 Å². The molecule has 0 spiro atoms.